The molecule has 1 atom stereocenters. The Morgan fingerprint density at radius 1 is 0.750 bits per heavy atom. The first-order valence-electron chi connectivity index (χ1n) is 0. The average Bonchev–Trinajstić information content (AvgIpc) is 0. The molecule has 0 saturated carbocycles. The van der Waals surface area contributed by atoms with Crippen molar-refractivity contribution in [1.82, 2.24) is 0 Å². The SMILES string of the molecule is P.[Br-].[Br-].[Cu+2]. The van der Waals surface area contributed by atoms with Gasteiger partial charge in [0.05, 0.1) is 0 Å². The molecule has 0 bridgehead atoms. The van der Waals surface area contributed by atoms with E-state index in [1.165, 1.54) is 0 Å². The molecule has 0 N–H and O–H groups in total. The van der Waals surface area contributed by atoms with Crippen molar-refractivity contribution in [2.45, 2.75) is 0 Å². The molecular weight excluding hydrogens is 254 g/mol. The quantitative estimate of drug-likeness (QED) is 0.299. The fourth-order valence-corrected chi connectivity index (χ4v) is 0. The molecule has 4 heteroatoms. The summed E-state index contributed by atoms with van der Waals surface area (Å²) in [5, 5.41) is 0. The van der Waals surface area contributed by atoms with Gasteiger partial charge in [0, 0.05) is 0 Å². The fourth-order valence-electron chi connectivity index (χ4n) is 0. The van der Waals surface area contributed by atoms with E-state index in [4.69, 9.17) is 0 Å². The molecular formula is H3Br2CuP. The Hall–Kier alpha value is 1.91. The minimum atomic E-state index is 0. The molecule has 1 radical (unpaired) electrons. The van der Waals surface area contributed by atoms with E-state index < -0.39 is 0 Å². The van der Waals surface area contributed by atoms with Gasteiger partial charge >= 0.3 is 17.1 Å². The van der Waals surface area contributed by atoms with E-state index >= 15 is 0 Å². The second-order valence-electron chi connectivity index (χ2n) is 0. The molecule has 0 aliphatic heterocycles. The van der Waals surface area contributed by atoms with Gasteiger partial charge in [-0.2, -0.15) is 9.90 Å². The first-order chi connectivity index (χ1) is 0. The van der Waals surface area contributed by atoms with E-state index in [0.29, 0.717) is 0 Å². The molecule has 33 valence electrons. The Balaban J connectivity index is 0. The first-order valence-corrected chi connectivity index (χ1v) is 0. The zero-order valence-electron chi connectivity index (χ0n) is 1.76. The second-order valence-corrected chi connectivity index (χ2v) is 0. The van der Waals surface area contributed by atoms with Crippen LogP contribution in [0.2, 0.25) is 0 Å². The zero-order valence-corrected chi connectivity index (χ0v) is 7.29. The molecule has 0 amide bonds. The van der Waals surface area contributed by atoms with Crippen LogP contribution in [0.25, 0.3) is 0 Å². The van der Waals surface area contributed by atoms with Gasteiger partial charge < -0.3 is 34.0 Å². The van der Waals surface area contributed by atoms with Crippen LogP contribution in [0, 0.1) is 0 Å². The minimum absolute atomic E-state index is 0. The van der Waals surface area contributed by atoms with Crippen molar-refractivity contribution in [2.24, 2.45) is 0 Å². The average molecular weight is 257 g/mol. The number of hydrogen-bond donors (Lipinski definition) is 0. The van der Waals surface area contributed by atoms with Crippen molar-refractivity contribution in [3.63, 3.8) is 0 Å². The van der Waals surface area contributed by atoms with Gasteiger partial charge in [0.2, 0.25) is 0 Å². The third-order valence-corrected chi connectivity index (χ3v) is 0. The van der Waals surface area contributed by atoms with Gasteiger partial charge in [-0.1, -0.05) is 0 Å². The summed E-state index contributed by atoms with van der Waals surface area (Å²) in [4.78, 5) is 0. The molecule has 0 aromatic carbocycles. The predicted octanol–water partition coefficient (Wildman–Crippen LogP) is -5.94. The van der Waals surface area contributed by atoms with Crippen molar-refractivity contribution in [3.8, 4) is 0 Å². The fraction of sp³-hybridized carbons (Fsp3) is 0. The minimum Gasteiger partial charge on any atom is -1.00 e. The standard InChI is InChI=1S/2BrH.Cu.H3P/h2*1H;;1H3/q;;+2;/p-2. The molecule has 1 unspecified atom stereocenters. The van der Waals surface area contributed by atoms with Gasteiger partial charge in [-0.25, -0.2) is 0 Å². The van der Waals surface area contributed by atoms with E-state index in [-0.39, 0.29) is 60.9 Å². The molecule has 0 rings (SSSR count). The summed E-state index contributed by atoms with van der Waals surface area (Å²) in [5.74, 6) is 0. The second kappa shape index (κ2) is 20.6. The molecule has 0 spiro atoms. The summed E-state index contributed by atoms with van der Waals surface area (Å²) < 4.78 is 0. The number of hydrogen-bond acceptors (Lipinski definition) is 0. The van der Waals surface area contributed by atoms with Crippen LogP contribution in [0.3, 0.4) is 0 Å². The summed E-state index contributed by atoms with van der Waals surface area (Å²) in [7, 11) is 0. The van der Waals surface area contributed by atoms with Gasteiger partial charge in [0.25, 0.3) is 0 Å². The van der Waals surface area contributed by atoms with Crippen LogP contribution in [0.15, 0.2) is 0 Å². The summed E-state index contributed by atoms with van der Waals surface area (Å²) in [6, 6.07) is 0. The van der Waals surface area contributed by atoms with Gasteiger partial charge in [-0.3, -0.25) is 0 Å². The van der Waals surface area contributed by atoms with Crippen LogP contribution in [0.1, 0.15) is 0 Å². The van der Waals surface area contributed by atoms with Crippen molar-refractivity contribution in [3.05, 3.63) is 0 Å². The maximum Gasteiger partial charge on any atom is 2.00 e. The largest absolute Gasteiger partial charge is 2.00 e. The molecule has 0 aromatic rings. The van der Waals surface area contributed by atoms with Crippen LogP contribution in [0.5, 0.6) is 0 Å². The third-order valence-electron chi connectivity index (χ3n) is 0. The molecule has 0 aliphatic carbocycles. The maximum atomic E-state index is 0. The molecule has 0 heterocycles. The normalized spacial score (nSPS) is 0. The molecule has 0 saturated heterocycles. The number of rotatable bonds is 0. The molecule has 4 heavy (non-hydrogen) atoms. The van der Waals surface area contributed by atoms with Gasteiger partial charge in [-0.05, 0) is 0 Å². The van der Waals surface area contributed by atoms with Crippen LogP contribution >= 0.6 is 9.90 Å². The van der Waals surface area contributed by atoms with E-state index in [9.17, 15) is 0 Å². The van der Waals surface area contributed by atoms with Crippen LogP contribution < -0.4 is 34.0 Å². The Bertz CT molecular complexity index is 6.00. The molecule has 0 aliphatic rings. The van der Waals surface area contributed by atoms with E-state index in [2.05, 4.69) is 0 Å². The van der Waals surface area contributed by atoms with E-state index in [1.807, 2.05) is 0 Å². The molecule has 0 nitrogen and oxygen atoms in total. The monoisotopic (exact) mass is 255 g/mol. The van der Waals surface area contributed by atoms with Crippen molar-refractivity contribution >= 4 is 9.90 Å². The predicted molar refractivity (Wildman–Crippen MR) is 11.1 cm³/mol. The maximum absolute atomic E-state index is 0. The zero-order chi connectivity index (χ0) is 0. The van der Waals surface area contributed by atoms with E-state index in [1.54, 1.807) is 0 Å². The topological polar surface area (TPSA) is 0 Å². The molecule has 0 aromatic heterocycles. The smallest absolute Gasteiger partial charge is 1.00 e. The van der Waals surface area contributed by atoms with Gasteiger partial charge in [0.1, 0.15) is 0 Å². The Labute approximate surface area is 60.7 Å². The van der Waals surface area contributed by atoms with Gasteiger partial charge in [0.15, 0.2) is 0 Å². The number of halogens is 2. The van der Waals surface area contributed by atoms with Gasteiger partial charge in [-0.15, -0.1) is 0 Å². The van der Waals surface area contributed by atoms with E-state index in [0.717, 1.165) is 0 Å². The summed E-state index contributed by atoms with van der Waals surface area (Å²) in [6.07, 6.45) is 0. The van der Waals surface area contributed by atoms with Crippen LogP contribution in [-0.4, -0.2) is 0 Å². The van der Waals surface area contributed by atoms with Crippen LogP contribution in [-0.2, 0) is 17.1 Å². The van der Waals surface area contributed by atoms with Crippen molar-refractivity contribution < 1.29 is 51.0 Å². The Kier molecular flexibility index (Phi) is 201. The Morgan fingerprint density at radius 2 is 0.750 bits per heavy atom. The van der Waals surface area contributed by atoms with Crippen molar-refractivity contribution in [1.29, 1.82) is 0 Å². The summed E-state index contributed by atoms with van der Waals surface area (Å²) >= 11 is 0. The Morgan fingerprint density at radius 3 is 0.750 bits per heavy atom. The first kappa shape index (κ1) is 39.1. The molecule has 0 fully saturated rings. The summed E-state index contributed by atoms with van der Waals surface area (Å²) in [6.45, 7) is 0. The van der Waals surface area contributed by atoms with Crippen molar-refractivity contribution in [2.75, 3.05) is 0 Å². The third kappa shape index (κ3) is 9.08. The van der Waals surface area contributed by atoms with Crippen LogP contribution in [0.4, 0.5) is 0 Å². The summed E-state index contributed by atoms with van der Waals surface area (Å²) in [5.41, 5.74) is 0.